The smallest absolute Gasteiger partial charge is 0.407 e. The van der Waals surface area contributed by atoms with Crippen LogP contribution in [0.4, 0.5) is 4.79 Å². The Morgan fingerprint density at radius 3 is 0.959 bits per heavy atom. The minimum Gasteiger partial charge on any atom is -0.444 e. The van der Waals surface area contributed by atoms with Crippen LogP contribution in [0.25, 0.3) is 0 Å². The van der Waals surface area contributed by atoms with Crippen molar-refractivity contribution >= 4 is 6.09 Å². The average molecular weight is 714 g/mol. The third kappa shape index (κ3) is 44.8. The highest BCUT2D eigenvalue weighted by Gasteiger charge is 2.15. The lowest BCUT2D eigenvalue weighted by molar-refractivity contribution is -0.0275. The summed E-state index contributed by atoms with van der Waals surface area (Å²) >= 11 is 0. The van der Waals surface area contributed by atoms with Gasteiger partial charge in [0.25, 0.3) is 0 Å². The van der Waals surface area contributed by atoms with Crippen molar-refractivity contribution in [1.29, 1.82) is 0 Å². The van der Waals surface area contributed by atoms with E-state index >= 15 is 0 Å². The van der Waals surface area contributed by atoms with Gasteiger partial charge in [-0.05, 0) is 27.2 Å². The molecule has 0 aromatic rings. The predicted molar refractivity (Wildman–Crippen MR) is 187 cm³/mol. The Kier molecular flexibility index (Phi) is 38.7. The number of hydrogen-bond acceptors (Lipinski definition) is 13. The van der Waals surface area contributed by atoms with E-state index in [1.807, 2.05) is 20.8 Å². The molecule has 0 rings (SSSR count). The molecule has 1 N–H and O–H groups in total. The predicted octanol–water partition coefficient (Wildman–Crippen LogP) is 4.05. The maximum absolute atomic E-state index is 11.5. The quantitative estimate of drug-likeness (QED) is 0.0915. The average Bonchev–Trinajstić information content (AvgIpc) is 3.06. The molecule has 0 bridgehead atoms. The van der Waals surface area contributed by atoms with Gasteiger partial charge in [0.2, 0.25) is 0 Å². The van der Waals surface area contributed by atoms with E-state index in [1.54, 1.807) is 0 Å². The molecule has 0 radical (unpaired) electrons. The maximum atomic E-state index is 11.5. The Balaban J connectivity index is 3.09. The fourth-order valence-corrected chi connectivity index (χ4v) is 3.83. The fourth-order valence-electron chi connectivity index (χ4n) is 3.83. The minimum atomic E-state index is -0.510. The lowest BCUT2D eigenvalue weighted by Crippen LogP contribution is -2.34. The summed E-state index contributed by atoms with van der Waals surface area (Å²) in [5.74, 6) is 0. The number of nitrogens with one attached hydrogen (secondary N) is 1. The van der Waals surface area contributed by atoms with Crippen LogP contribution < -0.4 is 5.32 Å². The second-order valence-corrected chi connectivity index (χ2v) is 11.9. The van der Waals surface area contributed by atoms with Crippen LogP contribution in [0.1, 0.15) is 66.2 Å². The van der Waals surface area contributed by atoms with Crippen LogP contribution in [-0.2, 0) is 56.8 Å². The molecular weight excluding hydrogens is 642 g/mol. The van der Waals surface area contributed by atoms with Crippen LogP contribution in [0, 0.1) is 0 Å². The molecule has 0 atom stereocenters. The summed E-state index contributed by atoms with van der Waals surface area (Å²) in [5.41, 5.74) is -0.510. The monoisotopic (exact) mass is 713 g/mol. The topological polar surface area (TPSA) is 140 Å². The molecule has 0 unspecified atom stereocenters. The highest BCUT2D eigenvalue weighted by Crippen LogP contribution is 2.06. The van der Waals surface area contributed by atoms with Crippen molar-refractivity contribution in [1.82, 2.24) is 5.32 Å². The van der Waals surface area contributed by atoms with E-state index in [4.69, 9.17) is 56.8 Å². The summed E-state index contributed by atoms with van der Waals surface area (Å²) in [6.45, 7) is 19.6. The second kappa shape index (κ2) is 39.6. The van der Waals surface area contributed by atoms with Crippen LogP contribution >= 0.6 is 0 Å². The summed E-state index contributed by atoms with van der Waals surface area (Å²) in [6, 6.07) is 0. The zero-order valence-corrected chi connectivity index (χ0v) is 31.3. The van der Waals surface area contributed by atoms with Crippen molar-refractivity contribution in [2.75, 3.05) is 152 Å². The van der Waals surface area contributed by atoms with Gasteiger partial charge in [-0.1, -0.05) is 39.0 Å². The van der Waals surface area contributed by atoms with Crippen LogP contribution in [0.3, 0.4) is 0 Å². The number of carbonyl (C=O) groups excluding carboxylic acids is 1. The van der Waals surface area contributed by atoms with E-state index in [0.717, 1.165) is 13.0 Å². The molecule has 0 aliphatic carbocycles. The Morgan fingerprint density at radius 1 is 0.388 bits per heavy atom. The maximum Gasteiger partial charge on any atom is 0.407 e. The molecule has 14 heteroatoms. The number of carbonyl (C=O) groups is 1. The summed E-state index contributed by atoms with van der Waals surface area (Å²) in [7, 11) is 0. The van der Waals surface area contributed by atoms with E-state index in [0.29, 0.717) is 145 Å². The number of ether oxygens (including phenoxy) is 12. The van der Waals surface area contributed by atoms with Gasteiger partial charge in [0.05, 0.1) is 139 Å². The molecule has 0 aromatic carbocycles. The van der Waals surface area contributed by atoms with Gasteiger partial charge in [-0.15, -0.1) is 0 Å². The summed E-state index contributed by atoms with van der Waals surface area (Å²) in [6.07, 6.45) is 7.21. The Morgan fingerprint density at radius 2 is 0.653 bits per heavy atom. The van der Waals surface area contributed by atoms with Gasteiger partial charge in [-0.25, -0.2) is 4.79 Å². The first kappa shape index (κ1) is 47.8. The summed E-state index contributed by atoms with van der Waals surface area (Å²) < 4.78 is 65.5. The molecule has 0 saturated carbocycles. The van der Waals surface area contributed by atoms with Crippen molar-refractivity contribution in [3.8, 4) is 0 Å². The number of amides is 1. The molecular formula is C35H71NO13. The lowest BCUT2D eigenvalue weighted by Gasteiger charge is -2.19. The summed E-state index contributed by atoms with van der Waals surface area (Å²) in [5, 5.41) is 2.63. The molecule has 0 aliphatic heterocycles. The summed E-state index contributed by atoms with van der Waals surface area (Å²) in [4.78, 5) is 11.5. The van der Waals surface area contributed by atoms with Crippen molar-refractivity contribution in [2.45, 2.75) is 71.8 Å². The van der Waals surface area contributed by atoms with Gasteiger partial charge in [0.15, 0.2) is 0 Å². The number of rotatable bonds is 40. The van der Waals surface area contributed by atoms with E-state index < -0.39 is 11.7 Å². The normalized spacial score (nSPS) is 11.8. The van der Waals surface area contributed by atoms with Gasteiger partial charge < -0.3 is 62.2 Å². The Labute approximate surface area is 296 Å². The molecule has 0 spiro atoms. The highest BCUT2D eigenvalue weighted by atomic mass is 16.6. The minimum absolute atomic E-state index is 0.385. The van der Waals surface area contributed by atoms with Crippen LogP contribution in [0.15, 0.2) is 0 Å². The van der Waals surface area contributed by atoms with E-state index in [1.165, 1.54) is 32.1 Å². The van der Waals surface area contributed by atoms with Crippen LogP contribution in [0.2, 0.25) is 0 Å². The van der Waals surface area contributed by atoms with Crippen molar-refractivity contribution in [3.63, 3.8) is 0 Å². The first-order valence-corrected chi connectivity index (χ1v) is 18.3. The molecule has 1 amide bonds. The zero-order valence-electron chi connectivity index (χ0n) is 31.3. The van der Waals surface area contributed by atoms with Crippen molar-refractivity contribution in [3.05, 3.63) is 0 Å². The van der Waals surface area contributed by atoms with E-state index in [-0.39, 0.29) is 0 Å². The largest absolute Gasteiger partial charge is 0.444 e. The van der Waals surface area contributed by atoms with Gasteiger partial charge in [0.1, 0.15) is 5.60 Å². The van der Waals surface area contributed by atoms with Crippen LogP contribution in [0.5, 0.6) is 0 Å². The first-order chi connectivity index (χ1) is 24.0. The molecule has 0 aromatic heterocycles. The number of unbranched alkanes of at least 4 members (excludes halogenated alkanes) is 5. The molecule has 49 heavy (non-hydrogen) atoms. The molecule has 0 fully saturated rings. The third-order valence-electron chi connectivity index (χ3n) is 6.28. The van der Waals surface area contributed by atoms with Gasteiger partial charge in [-0.3, -0.25) is 0 Å². The Hall–Kier alpha value is -1.17. The number of alkyl carbamates (subject to hydrolysis) is 1. The van der Waals surface area contributed by atoms with Gasteiger partial charge in [0, 0.05) is 13.2 Å². The first-order valence-electron chi connectivity index (χ1n) is 18.3. The second-order valence-electron chi connectivity index (χ2n) is 11.9. The highest BCUT2D eigenvalue weighted by molar-refractivity contribution is 5.67. The molecule has 0 heterocycles. The van der Waals surface area contributed by atoms with E-state index in [9.17, 15) is 4.79 Å². The SMILES string of the molecule is CCCCCCCCOCCOCCOCCOCCOCCOCCOCCOCCOCCOCCOCCNC(=O)OC(C)(C)C. The molecule has 0 aliphatic rings. The lowest BCUT2D eigenvalue weighted by atomic mass is 10.1. The Bertz CT molecular complexity index is 656. The zero-order chi connectivity index (χ0) is 35.8. The fraction of sp³-hybridized carbons (Fsp3) is 0.971. The number of hydrogen-bond donors (Lipinski definition) is 1. The third-order valence-corrected chi connectivity index (χ3v) is 6.28. The molecule has 14 nitrogen and oxygen atoms in total. The van der Waals surface area contributed by atoms with Crippen molar-refractivity contribution < 1.29 is 61.6 Å². The molecule has 0 saturated heterocycles. The standard InChI is InChI=1S/C35H71NO13/c1-5-6-7-8-9-10-12-38-14-16-40-18-20-42-22-24-44-26-28-46-30-32-48-33-31-47-29-27-45-25-23-43-21-19-41-17-15-39-13-11-36-34(37)49-35(2,3)4/h5-33H2,1-4H3,(H,36,37). The van der Waals surface area contributed by atoms with Crippen molar-refractivity contribution in [2.24, 2.45) is 0 Å². The van der Waals surface area contributed by atoms with Gasteiger partial charge in [-0.2, -0.15) is 0 Å². The van der Waals surface area contributed by atoms with E-state index in [2.05, 4.69) is 12.2 Å². The van der Waals surface area contributed by atoms with Gasteiger partial charge >= 0.3 is 6.09 Å². The van der Waals surface area contributed by atoms with Crippen LogP contribution in [-0.4, -0.2) is 164 Å². The molecule has 294 valence electrons.